The van der Waals surface area contributed by atoms with Gasteiger partial charge in [0.05, 0.1) is 0 Å². The molecule has 1 aliphatic rings. The first-order chi connectivity index (χ1) is 9.58. The summed E-state index contributed by atoms with van der Waals surface area (Å²) in [5.41, 5.74) is 0.946. The summed E-state index contributed by atoms with van der Waals surface area (Å²) in [5.74, 6) is -0.755. The molecule has 1 aliphatic heterocycles. The SMILES string of the molecule is Cc1cc(NC(=O)C(=O)N2CCCNCC2)ncc1Br. The van der Waals surface area contributed by atoms with Crippen molar-refractivity contribution in [1.82, 2.24) is 15.2 Å². The number of halogens is 1. The van der Waals surface area contributed by atoms with E-state index in [4.69, 9.17) is 0 Å². The molecule has 0 aromatic carbocycles. The Balaban J connectivity index is 1.99. The molecule has 0 saturated carbocycles. The van der Waals surface area contributed by atoms with Crippen molar-refractivity contribution in [2.45, 2.75) is 13.3 Å². The van der Waals surface area contributed by atoms with Crippen molar-refractivity contribution >= 4 is 33.6 Å². The Kier molecular flexibility index (Phi) is 5.08. The number of carbonyl (C=O) groups excluding carboxylic acids is 2. The fourth-order valence-electron chi connectivity index (χ4n) is 1.97. The second-order valence-corrected chi connectivity index (χ2v) is 5.52. The maximum atomic E-state index is 12.1. The first kappa shape index (κ1) is 14.9. The Morgan fingerprint density at radius 2 is 2.20 bits per heavy atom. The zero-order valence-corrected chi connectivity index (χ0v) is 12.9. The fourth-order valence-corrected chi connectivity index (χ4v) is 2.19. The highest BCUT2D eigenvalue weighted by molar-refractivity contribution is 9.10. The first-order valence-electron chi connectivity index (χ1n) is 6.51. The molecule has 0 radical (unpaired) electrons. The summed E-state index contributed by atoms with van der Waals surface area (Å²) in [6.45, 7) is 4.64. The summed E-state index contributed by atoms with van der Waals surface area (Å²) in [5, 5.41) is 5.74. The molecule has 1 aromatic heterocycles. The van der Waals surface area contributed by atoms with Crippen LogP contribution >= 0.6 is 15.9 Å². The molecule has 0 atom stereocenters. The zero-order chi connectivity index (χ0) is 14.5. The van der Waals surface area contributed by atoms with Gasteiger partial charge in [-0.05, 0) is 47.4 Å². The lowest BCUT2D eigenvalue weighted by Gasteiger charge is -2.19. The van der Waals surface area contributed by atoms with Crippen molar-refractivity contribution in [3.63, 3.8) is 0 Å². The average molecular weight is 341 g/mol. The van der Waals surface area contributed by atoms with Gasteiger partial charge < -0.3 is 15.5 Å². The van der Waals surface area contributed by atoms with E-state index in [1.54, 1.807) is 17.2 Å². The van der Waals surface area contributed by atoms with E-state index in [0.29, 0.717) is 25.5 Å². The molecule has 0 aliphatic carbocycles. The monoisotopic (exact) mass is 340 g/mol. The van der Waals surface area contributed by atoms with Gasteiger partial charge in [0, 0.05) is 30.3 Å². The Labute approximate surface area is 126 Å². The number of aryl methyl sites for hydroxylation is 1. The second kappa shape index (κ2) is 6.81. The maximum Gasteiger partial charge on any atom is 0.315 e. The summed E-state index contributed by atoms with van der Waals surface area (Å²) in [6, 6.07) is 1.72. The number of aromatic nitrogens is 1. The van der Waals surface area contributed by atoms with E-state index in [-0.39, 0.29) is 0 Å². The van der Waals surface area contributed by atoms with E-state index in [2.05, 4.69) is 31.5 Å². The van der Waals surface area contributed by atoms with Crippen molar-refractivity contribution in [3.8, 4) is 0 Å². The Morgan fingerprint density at radius 3 is 2.95 bits per heavy atom. The van der Waals surface area contributed by atoms with Gasteiger partial charge in [-0.25, -0.2) is 4.98 Å². The number of hydrogen-bond donors (Lipinski definition) is 2. The highest BCUT2D eigenvalue weighted by atomic mass is 79.9. The standard InChI is InChI=1S/C13H17BrN4O2/c1-9-7-11(16-8-10(9)14)17-12(19)13(20)18-5-2-3-15-4-6-18/h7-8,15H,2-6H2,1H3,(H,16,17,19). The predicted octanol–water partition coefficient (Wildman–Crippen LogP) is 0.913. The zero-order valence-electron chi connectivity index (χ0n) is 11.3. The van der Waals surface area contributed by atoms with Gasteiger partial charge in [0.25, 0.3) is 0 Å². The van der Waals surface area contributed by atoms with Crippen molar-refractivity contribution in [2.24, 2.45) is 0 Å². The number of rotatable bonds is 1. The van der Waals surface area contributed by atoms with Gasteiger partial charge in [-0.2, -0.15) is 0 Å². The molecule has 7 heteroatoms. The number of amides is 2. The highest BCUT2D eigenvalue weighted by Crippen LogP contribution is 2.17. The minimum atomic E-state index is -0.638. The number of nitrogens with zero attached hydrogens (tertiary/aromatic N) is 2. The fraction of sp³-hybridized carbons (Fsp3) is 0.462. The second-order valence-electron chi connectivity index (χ2n) is 4.67. The van der Waals surface area contributed by atoms with Crippen molar-refractivity contribution in [1.29, 1.82) is 0 Å². The lowest BCUT2D eigenvalue weighted by molar-refractivity contribution is -0.143. The van der Waals surface area contributed by atoms with Crippen molar-refractivity contribution in [3.05, 3.63) is 22.3 Å². The molecule has 108 valence electrons. The van der Waals surface area contributed by atoms with E-state index in [9.17, 15) is 9.59 Å². The van der Waals surface area contributed by atoms with E-state index in [1.165, 1.54) is 0 Å². The van der Waals surface area contributed by atoms with Crippen LogP contribution in [0, 0.1) is 6.92 Å². The van der Waals surface area contributed by atoms with Crippen molar-refractivity contribution < 1.29 is 9.59 Å². The molecule has 2 rings (SSSR count). The number of pyridine rings is 1. The van der Waals surface area contributed by atoms with Crippen LogP contribution in [0.5, 0.6) is 0 Å². The molecule has 6 nitrogen and oxygen atoms in total. The number of hydrogen-bond acceptors (Lipinski definition) is 4. The van der Waals surface area contributed by atoms with Crippen LogP contribution < -0.4 is 10.6 Å². The molecule has 2 N–H and O–H groups in total. The molecule has 2 amide bonds. The van der Waals surface area contributed by atoms with Gasteiger partial charge in [0.2, 0.25) is 0 Å². The van der Waals surface area contributed by atoms with Gasteiger partial charge in [0.1, 0.15) is 5.82 Å². The molecule has 1 saturated heterocycles. The summed E-state index contributed by atoms with van der Waals surface area (Å²) in [4.78, 5) is 29.6. The minimum absolute atomic E-state index is 0.386. The van der Waals surface area contributed by atoms with Crippen LogP contribution in [0.1, 0.15) is 12.0 Å². The quantitative estimate of drug-likeness (QED) is 0.745. The lowest BCUT2D eigenvalue weighted by atomic mass is 10.3. The lowest BCUT2D eigenvalue weighted by Crippen LogP contribution is -2.41. The summed E-state index contributed by atoms with van der Waals surface area (Å²) < 4.78 is 0.861. The smallest absolute Gasteiger partial charge is 0.315 e. The van der Waals surface area contributed by atoms with Crippen LogP contribution in [0.2, 0.25) is 0 Å². The van der Waals surface area contributed by atoms with Crippen molar-refractivity contribution in [2.75, 3.05) is 31.5 Å². The van der Waals surface area contributed by atoms with Crippen LogP contribution in [0.3, 0.4) is 0 Å². The summed E-state index contributed by atoms with van der Waals surface area (Å²) in [7, 11) is 0. The topological polar surface area (TPSA) is 74.3 Å². The van der Waals surface area contributed by atoms with Crippen LogP contribution in [-0.2, 0) is 9.59 Å². The summed E-state index contributed by atoms with van der Waals surface area (Å²) >= 11 is 3.34. The first-order valence-corrected chi connectivity index (χ1v) is 7.30. The van der Waals surface area contributed by atoms with Crippen LogP contribution in [0.4, 0.5) is 5.82 Å². The van der Waals surface area contributed by atoms with Crippen LogP contribution in [-0.4, -0.2) is 47.9 Å². The molecule has 0 bridgehead atoms. The maximum absolute atomic E-state index is 12.1. The van der Waals surface area contributed by atoms with Gasteiger partial charge in [-0.1, -0.05) is 0 Å². The molecule has 1 fully saturated rings. The largest absolute Gasteiger partial charge is 0.333 e. The number of carbonyl (C=O) groups is 2. The Morgan fingerprint density at radius 1 is 1.40 bits per heavy atom. The van der Waals surface area contributed by atoms with E-state index < -0.39 is 11.8 Å². The van der Waals surface area contributed by atoms with Crippen LogP contribution in [0.15, 0.2) is 16.7 Å². The molecule has 2 heterocycles. The number of anilines is 1. The molecule has 1 aromatic rings. The highest BCUT2D eigenvalue weighted by Gasteiger charge is 2.22. The van der Waals surface area contributed by atoms with Gasteiger partial charge in [-0.3, -0.25) is 9.59 Å². The third-order valence-corrected chi connectivity index (χ3v) is 3.94. The normalized spacial score (nSPS) is 15.6. The van der Waals surface area contributed by atoms with E-state index in [1.807, 2.05) is 6.92 Å². The van der Waals surface area contributed by atoms with Crippen LogP contribution in [0.25, 0.3) is 0 Å². The van der Waals surface area contributed by atoms with E-state index >= 15 is 0 Å². The molecular formula is C13H17BrN4O2. The van der Waals surface area contributed by atoms with Gasteiger partial charge in [-0.15, -0.1) is 0 Å². The molecule has 0 spiro atoms. The van der Waals surface area contributed by atoms with Gasteiger partial charge >= 0.3 is 11.8 Å². The molecular weight excluding hydrogens is 324 g/mol. The molecule has 0 unspecified atom stereocenters. The molecule has 20 heavy (non-hydrogen) atoms. The van der Waals surface area contributed by atoms with Gasteiger partial charge in [0.15, 0.2) is 0 Å². The summed E-state index contributed by atoms with van der Waals surface area (Å²) in [6.07, 6.45) is 2.46. The average Bonchev–Trinajstić information content (AvgIpc) is 2.71. The minimum Gasteiger partial charge on any atom is -0.333 e. The third kappa shape index (κ3) is 3.77. The predicted molar refractivity (Wildman–Crippen MR) is 79.4 cm³/mol. The number of nitrogens with one attached hydrogen (secondary N) is 2. The Bertz CT molecular complexity index is 513. The Hall–Kier alpha value is -1.47. The van der Waals surface area contributed by atoms with E-state index in [0.717, 1.165) is 23.0 Å². The third-order valence-electron chi connectivity index (χ3n) is 3.11.